The van der Waals surface area contributed by atoms with Crippen LogP contribution in [0.25, 0.3) is 0 Å². The number of ether oxygens (including phenoxy) is 2. The van der Waals surface area contributed by atoms with Crippen molar-refractivity contribution in [1.29, 1.82) is 0 Å². The Labute approximate surface area is 276 Å². The third-order valence-electron chi connectivity index (χ3n) is 5.47. The lowest BCUT2D eigenvalue weighted by molar-refractivity contribution is -0.154. The van der Waals surface area contributed by atoms with E-state index in [2.05, 4.69) is 0 Å². The van der Waals surface area contributed by atoms with Crippen molar-refractivity contribution in [3.63, 3.8) is 0 Å². The lowest BCUT2D eigenvalue weighted by Gasteiger charge is -2.25. The van der Waals surface area contributed by atoms with Crippen molar-refractivity contribution < 1.29 is 60.2 Å². The van der Waals surface area contributed by atoms with Crippen LogP contribution < -0.4 is 5.32 Å². The smallest absolute Gasteiger partial charge is 0.417 e. The van der Waals surface area contributed by atoms with Gasteiger partial charge in [0.1, 0.15) is 18.8 Å². The van der Waals surface area contributed by atoms with E-state index >= 15 is 0 Å². The molecule has 1 heterocycles. The van der Waals surface area contributed by atoms with Crippen LogP contribution in [-0.2, 0) is 36.9 Å². The number of imide groups is 1. The molecule has 2 aromatic carbocycles. The zero-order valence-corrected chi connectivity index (χ0v) is 21.8. The second-order valence-corrected chi connectivity index (χ2v) is 8.30. The van der Waals surface area contributed by atoms with E-state index < -0.39 is 119 Å². The van der Waals surface area contributed by atoms with Crippen molar-refractivity contribution in [3.8, 4) is 0 Å². The molecule has 1 aliphatic rings. The molecule has 3 atom stereocenters. The summed E-state index contributed by atoms with van der Waals surface area (Å²) >= 11 is 0. The average molecular weight is 597 g/mol. The summed E-state index contributed by atoms with van der Waals surface area (Å²) in [6.07, 6.45) is -51.0. The Hall–Kier alpha value is -3.68. The third-order valence-corrected chi connectivity index (χ3v) is 5.47. The first-order chi connectivity index (χ1) is 28.6. The third kappa shape index (κ3) is 10.3. The minimum absolute atomic E-state index is 0.195. The SMILES string of the molecule is [2H]C([2H])([2H])C([2H])([2H])C([2H])([2H])C([2H])([2H])C([2H])([2H])C([2H])([2H])C([2H])([2H])C([2H])([2H])C([2H])([2H])C([2H])([2H])C([2H])([2H])C(=O)[15NH][13C@@H]([13CH2][13c]1[13cH][13cH][13cH][13cH][13cH]1)C(=O)N1C(=O)O[C@@H](C)[C@@H]1C(=O)OCc1ccccc1. The van der Waals surface area contributed by atoms with Gasteiger partial charge in [-0.05, 0) is 24.4 Å². The van der Waals surface area contributed by atoms with Crippen LogP contribution in [0.15, 0.2) is 60.7 Å². The maximum atomic E-state index is 14.2. The summed E-state index contributed by atoms with van der Waals surface area (Å²) in [6.45, 7) is -3.18. The number of hydrogen-bond acceptors (Lipinski definition) is 6. The number of benzene rings is 2. The maximum Gasteiger partial charge on any atom is 0.417 e. The summed E-state index contributed by atoms with van der Waals surface area (Å²) in [5.74, 6) is -4.90. The molecule has 3 rings (SSSR count). The summed E-state index contributed by atoms with van der Waals surface area (Å²) in [4.78, 5) is 54.7. The summed E-state index contributed by atoms with van der Waals surface area (Å²) in [7, 11) is 0. The van der Waals surface area contributed by atoms with E-state index in [1.807, 2.05) is 5.32 Å². The monoisotopic (exact) mass is 596 g/mol. The van der Waals surface area contributed by atoms with Crippen molar-refractivity contribution in [2.45, 2.75) is 109 Å². The van der Waals surface area contributed by atoms with Crippen molar-refractivity contribution in [1.82, 2.24) is 10.2 Å². The molecule has 1 N–H and O–H groups in total. The van der Waals surface area contributed by atoms with Crippen LogP contribution in [-0.4, -0.2) is 47.0 Å². The number of nitrogens with zero attached hydrogens (tertiary/aromatic N) is 1. The van der Waals surface area contributed by atoms with E-state index in [0.29, 0.717) is 5.56 Å². The molecule has 1 saturated heterocycles. The molecule has 1 fully saturated rings. The summed E-state index contributed by atoms with van der Waals surface area (Å²) in [5.41, 5.74) is 0.699. The van der Waals surface area contributed by atoms with E-state index in [4.69, 9.17) is 41.0 Å². The van der Waals surface area contributed by atoms with Gasteiger partial charge in [-0.25, -0.2) is 14.5 Å². The first-order valence-corrected chi connectivity index (χ1v) is 12.2. The van der Waals surface area contributed by atoms with Crippen LogP contribution in [0.1, 0.15) is 120 Å². The lowest BCUT2D eigenvalue weighted by atomic mass is 10.1. The Morgan fingerprint density at radius 2 is 1.51 bits per heavy atom. The van der Waals surface area contributed by atoms with Crippen LogP contribution in [0, 0.1) is 0 Å². The fourth-order valence-electron chi connectivity index (χ4n) is 3.66. The van der Waals surface area contributed by atoms with Gasteiger partial charge >= 0.3 is 12.1 Å². The molecule has 1 aliphatic heterocycles. The predicted molar refractivity (Wildman–Crippen MR) is 157 cm³/mol. The molecule has 0 spiro atoms. The molecular weight excluding hydrogens is 529 g/mol. The van der Waals surface area contributed by atoms with Crippen molar-refractivity contribution in [2.75, 3.05) is 0 Å². The van der Waals surface area contributed by atoms with E-state index in [1.54, 1.807) is 30.3 Å². The fraction of sp³-hybridized carbons (Fsp3) is 0.515. The zero-order valence-electron chi connectivity index (χ0n) is 44.8. The maximum absolute atomic E-state index is 14.2. The molecule has 0 unspecified atom stereocenters. The molecule has 222 valence electrons. The van der Waals surface area contributed by atoms with Gasteiger partial charge in [-0.3, -0.25) is 9.59 Å². The largest absolute Gasteiger partial charge is 0.459 e. The highest BCUT2D eigenvalue weighted by molar-refractivity contribution is 6.02. The van der Waals surface area contributed by atoms with E-state index in [-0.39, 0.29) is 17.1 Å². The molecule has 0 radical (unpaired) electrons. The molecule has 0 aliphatic carbocycles. The molecule has 8 heteroatoms. The standard InChI is InChI=1S/C33H44N2O6/c1-3-4-5-6-7-8-9-10-17-22-29(36)34-28(23-26-18-13-11-14-19-26)31(37)35-30(25(2)41-33(35)39)32(38)40-24-27-20-15-12-16-21-27/h11-16,18-21,25,28,30H,3-10,17,22-24H2,1-2H3,(H,34,36)/t25-,28-,30+/m0/s1/i1D3,3D2,4D2,5D2,6D2,7D2,8D2,9D2,10D2,11+1,13+1,14+1,17D2,18+1,19+1,22D2,23+1,26+1,28+1,34+1. The fourth-order valence-corrected chi connectivity index (χ4v) is 3.66. The minimum atomic E-state index is -4.97. The lowest BCUT2D eigenvalue weighted by Crippen LogP contribution is -2.55. The summed E-state index contributed by atoms with van der Waals surface area (Å²) in [5, 5.41) is 1.83. The zero-order chi connectivity index (χ0) is 49.9. The molecule has 3 amide bonds. The Bertz CT molecular complexity index is 2050. The van der Waals surface area contributed by atoms with Crippen LogP contribution >= 0.6 is 0 Å². The van der Waals surface area contributed by atoms with Gasteiger partial charge in [-0.1, -0.05) is 118 Å². The van der Waals surface area contributed by atoms with Gasteiger partial charge in [-0.2, -0.15) is 0 Å². The van der Waals surface area contributed by atoms with Crippen LogP contribution in [0.2, 0.25) is 0 Å². The van der Waals surface area contributed by atoms with Gasteiger partial charge in [0.05, 0.1) is 0 Å². The Balaban J connectivity index is 2.07. The number of carbonyl (C=O) groups is 4. The van der Waals surface area contributed by atoms with Gasteiger partial charge in [0.2, 0.25) is 5.91 Å². The van der Waals surface area contributed by atoms with Crippen molar-refractivity contribution >= 4 is 23.9 Å². The first-order valence-electron chi connectivity index (χ1n) is 23.7. The number of carbonyl (C=O) groups excluding carboxylic acids is 4. The second-order valence-electron chi connectivity index (χ2n) is 8.30. The normalized spacial score (nSPS) is 29.2. The average Bonchev–Trinajstić information content (AvgIpc) is 3.48. The first kappa shape index (κ1) is 12.7. The van der Waals surface area contributed by atoms with Crippen LogP contribution in [0.4, 0.5) is 4.79 Å². The van der Waals surface area contributed by atoms with Crippen molar-refractivity contribution in [3.05, 3.63) is 71.8 Å². The Kier molecular flexibility index (Phi) is 5.32. The number of rotatable bonds is 17. The number of esters is 1. The molecule has 0 saturated carbocycles. The number of nitrogens with one attached hydrogen (secondary N) is 1. The molecular formula is C33H44N2O6. The van der Waals surface area contributed by atoms with Gasteiger partial charge < -0.3 is 14.8 Å². The van der Waals surface area contributed by atoms with E-state index in [9.17, 15) is 19.2 Å². The Morgan fingerprint density at radius 3 is 2.15 bits per heavy atom. The van der Waals surface area contributed by atoms with Crippen molar-refractivity contribution in [2.24, 2.45) is 0 Å². The van der Waals surface area contributed by atoms with Gasteiger partial charge in [0.25, 0.3) is 5.91 Å². The molecule has 2 aromatic rings. The molecule has 0 aromatic heterocycles. The Morgan fingerprint density at radius 1 is 0.927 bits per heavy atom. The number of hydrogen-bond donors (Lipinski definition) is 1. The van der Waals surface area contributed by atoms with Crippen LogP contribution in [0.3, 0.4) is 0 Å². The highest BCUT2D eigenvalue weighted by atomic mass is 16.6. The highest BCUT2D eigenvalue weighted by Gasteiger charge is 2.50. The van der Waals surface area contributed by atoms with Crippen LogP contribution in [0.5, 0.6) is 0 Å². The van der Waals surface area contributed by atoms with E-state index in [0.717, 1.165) is 0 Å². The number of cyclic esters (lactones) is 1. The second kappa shape index (κ2) is 17.2. The van der Waals surface area contributed by atoms with Gasteiger partial charge in [0.15, 0.2) is 6.04 Å². The van der Waals surface area contributed by atoms with Gasteiger partial charge in [-0.15, -0.1) is 0 Å². The molecule has 41 heavy (non-hydrogen) atoms. The predicted octanol–water partition coefficient (Wildman–Crippen LogP) is 6.11. The number of amides is 3. The minimum Gasteiger partial charge on any atom is -0.459 e. The summed E-state index contributed by atoms with van der Waals surface area (Å²) < 4.78 is 198. The topological polar surface area (TPSA) is 102 Å². The summed E-state index contributed by atoms with van der Waals surface area (Å²) in [6, 6.07) is 11.4. The molecule has 8 nitrogen and oxygen atoms in total. The van der Waals surface area contributed by atoms with E-state index in [1.165, 1.54) is 37.3 Å². The quantitative estimate of drug-likeness (QED) is 0.134. The van der Waals surface area contributed by atoms with Gasteiger partial charge in [0, 0.05) is 44.3 Å². The highest BCUT2D eigenvalue weighted by Crippen LogP contribution is 2.23. The molecule has 0 bridgehead atoms.